The lowest BCUT2D eigenvalue weighted by atomic mass is 9.87. The van der Waals surface area contributed by atoms with Crippen LogP contribution in [0.4, 0.5) is 0 Å². The van der Waals surface area contributed by atoms with Gasteiger partial charge in [0.05, 0.1) is 23.9 Å². The summed E-state index contributed by atoms with van der Waals surface area (Å²) in [7, 11) is 0. The van der Waals surface area contributed by atoms with Crippen molar-refractivity contribution in [1.29, 1.82) is 0 Å². The van der Waals surface area contributed by atoms with E-state index in [2.05, 4.69) is 46.9 Å². The second kappa shape index (κ2) is 10.5. The van der Waals surface area contributed by atoms with Crippen molar-refractivity contribution in [1.82, 2.24) is 5.32 Å². The molecule has 27 heavy (non-hydrogen) atoms. The number of nitrogens with one attached hydrogen (secondary N) is 1. The van der Waals surface area contributed by atoms with Gasteiger partial charge in [-0.1, -0.05) is 0 Å². The van der Waals surface area contributed by atoms with Crippen molar-refractivity contribution in [3.8, 4) is 0 Å². The summed E-state index contributed by atoms with van der Waals surface area (Å²) in [4.78, 5) is 0. The minimum Gasteiger partial charge on any atom is -0.381 e. The zero-order valence-corrected chi connectivity index (χ0v) is 18.5. The number of hydrogen-bond acceptors (Lipinski definition) is 5. The minimum absolute atomic E-state index is 0.0448. The molecule has 1 N–H and O–H groups in total. The van der Waals surface area contributed by atoms with Gasteiger partial charge in [-0.2, -0.15) is 0 Å². The van der Waals surface area contributed by atoms with Crippen molar-refractivity contribution in [2.75, 3.05) is 26.4 Å². The van der Waals surface area contributed by atoms with Gasteiger partial charge in [-0.3, -0.25) is 0 Å². The zero-order valence-electron chi connectivity index (χ0n) is 18.5. The van der Waals surface area contributed by atoms with Gasteiger partial charge >= 0.3 is 0 Å². The van der Waals surface area contributed by atoms with Crippen LogP contribution < -0.4 is 5.32 Å². The predicted molar refractivity (Wildman–Crippen MR) is 109 cm³/mol. The number of ether oxygens (including phenoxy) is 4. The summed E-state index contributed by atoms with van der Waals surface area (Å²) in [6.07, 6.45) is 7.47. The van der Waals surface area contributed by atoms with E-state index < -0.39 is 0 Å². The van der Waals surface area contributed by atoms with E-state index in [4.69, 9.17) is 18.9 Å². The Kier molecular flexibility index (Phi) is 9.01. The minimum atomic E-state index is -0.0448. The standard InChI is InChI=1S/C22H43NO4/c1-21(2,3)23-17-13-18(14-17)25-11-7-9-24-10-8-12-26-19-15-20(16-19)27-22(4,5)6/h17-20,23H,7-16H2,1-6H3. The Morgan fingerprint density at radius 3 is 1.70 bits per heavy atom. The maximum Gasteiger partial charge on any atom is 0.0631 e. The molecule has 0 aliphatic heterocycles. The van der Waals surface area contributed by atoms with E-state index in [0.29, 0.717) is 24.4 Å². The molecule has 0 saturated heterocycles. The van der Waals surface area contributed by atoms with Gasteiger partial charge in [0, 0.05) is 38.0 Å². The molecule has 2 saturated carbocycles. The molecule has 0 heterocycles. The predicted octanol–water partition coefficient (Wildman–Crippen LogP) is 4.08. The van der Waals surface area contributed by atoms with Gasteiger partial charge in [0.2, 0.25) is 0 Å². The van der Waals surface area contributed by atoms with Crippen molar-refractivity contribution in [2.24, 2.45) is 0 Å². The summed E-state index contributed by atoms with van der Waals surface area (Å²) in [6.45, 7) is 16.1. The quantitative estimate of drug-likeness (QED) is 0.513. The Morgan fingerprint density at radius 1 is 0.704 bits per heavy atom. The van der Waals surface area contributed by atoms with Crippen LogP contribution in [-0.4, -0.2) is 61.9 Å². The maximum absolute atomic E-state index is 5.92. The fourth-order valence-electron chi connectivity index (χ4n) is 3.61. The normalized spacial score (nSPS) is 28.7. The molecule has 0 bridgehead atoms. The molecule has 2 rings (SSSR count). The highest BCUT2D eigenvalue weighted by atomic mass is 16.5. The molecule has 0 aromatic heterocycles. The molecule has 0 spiro atoms. The highest BCUT2D eigenvalue weighted by Crippen LogP contribution is 2.30. The van der Waals surface area contributed by atoms with Crippen molar-refractivity contribution >= 4 is 0 Å². The first-order valence-electron chi connectivity index (χ1n) is 10.9. The van der Waals surface area contributed by atoms with Crippen LogP contribution in [0.5, 0.6) is 0 Å². The van der Waals surface area contributed by atoms with Gasteiger partial charge in [0.1, 0.15) is 0 Å². The lowest BCUT2D eigenvalue weighted by Gasteiger charge is -2.40. The first-order valence-corrected chi connectivity index (χ1v) is 10.9. The highest BCUT2D eigenvalue weighted by molar-refractivity contribution is 4.90. The van der Waals surface area contributed by atoms with E-state index in [1.165, 1.54) is 0 Å². The van der Waals surface area contributed by atoms with E-state index >= 15 is 0 Å². The molecule has 160 valence electrons. The summed E-state index contributed by atoms with van der Waals surface area (Å²) in [5.74, 6) is 0. The van der Waals surface area contributed by atoms with Gasteiger partial charge in [0.25, 0.3) is 0 Å². The summed E-state index contributed by atoms with van der Waals surface area (Å²) in [6, 6.07) is 0.622. The second-order valence-corrected chi connectivity index (χ2v) is 10.2. The van der Waals surface area contributed by atoms with Gasteiger partial charge in [-0.05, 0) is 80.1 Å². The fourth-order valence-corrected chi connectivity index (χ4v) is 3.61. The summed E-state index contributed by atoms with van der Waals surface area (Å²) in [5.41, 5.74) is 0.157. The van der Waals surface area contributed by atoms with Crippen molar-refractivity contribution in [3.63, 3.8) is 0 Å². The van der Waals surface area contributed by atoms with Crippen molar-refractivity contribution < 1.29 is 18.9 Å². The average Bonchev–Trinajstić information content (AvgIpc) is 2.44. The highest BCUT2D eigenvalue weighted by Gasteiger charge is 2.33. The molecule has 2 fully saturated rings. The fraction of sp³-hybridized carbons (Fsp3) is 1.00. The molecular formula is C22H43NO4. The third-order valence-corrected chi connectivity index (χ3v) is 4.88. The largest absolute Gasteiger partial charge is 0.381 e. The molecule has 2 aliphatic rings. The summed E-state index contributed by atoms with van der Waals surface area (Å²) < 4.78 is 23.3. The first kappa shape index (κ1) is 23.1. The third-order valence-electron chi connectivity index (χ3n) is 4.88. The SMILES string of the molecule is CC(C)(C)NC1CC(OCCCOCCCOC2CC(OC(C)(C)C)C2)C1. The van der Waals surface area contributed by atoms with Crippen LogP contribution in [0.1, 0.15) is 80.1 Å². The van der Waals surface area contributed by atoms with Crippen LogP contribution >= 0.6 is 0 Å². The monoisotopic (exact) mass is 385 g/mol. The Balaban J connectivity index is 1.30. The molecule has 5 heteroatoms. The van der Waals surface area contributed by atoms with Crippen LogP contribution in [0.3, 0.4) is 0 Å². The molecule has 0 unspecified atom stereocenters. The van der Waals surface area contributed by atoms with Gasteiger partial charge < -0.3 is 24.3 Å². The molecule has 0 atom stereocenters. The Hall–Kier alpha value is -0.200. The molecular weight excluding hydrogens is 342 g/mol. The Bertz CT molecular complexity index is 366. The van der Waals surface area contributed by atoms with Crippen LogP contribution in [0.2, 0.25) is 0 Å². The summed E-state index contributed by atoms with van der Waals surface area (Å²) >= 11 is 0. The Labute approximate surface area is 166 Å². The van der Waals surface area contributed by atoms with E-state index in [9.17, 15) is 0 Å². The molecule has 2 aliphatic carbocycles. The van der Waals surface area contributed by atoms with E-state index in [1.54, 1.807) is 0 Å². The third kappa shape index (κ3) is 10.2. The zero-order chi connectivity index (χ0) is 19.9. The van der Waals surface area contributed by atoms with Gasteiger partial charge in [-0.25, -0.2) is 0 Å². The van der Waals surface area contributed by atoms with E-state index in [1.807, 2.05) is 0 Å². The maximum atomic E-state index is 5.92. The van der Waals surface area contributed by atoms with Crippen LogP contribution in [-0.2, 0) is 18.9 Å². The van der Waals surface area contributed by atoms with Gasteiger partial charge in [-0.15, -0.1) is 0 Å². The summed E-state index contributed by atoms with van der Waals surface area (Å²) in [5, 5.41) is 3.62. The van der Waals surface area contributed by atoms with Crippen molar-refractivity contribution in [3.05, 3.63) is 0 Å². The molecule has 0 amide bonds. The smallest absolute Gasteiger partial charge is 0.0631 e. The molecule has 5 nitrogen and oxygen atoms in total. The molecule has 0 aromatic rings. The molecule has 0 aromatic carbocycles. The number of hydrogen-bond donors (Lipinski definition) is 1. The lowest BCUT2D eigenvalue weighted by molar-refractivity contribution is -0.149. The van der Waals surface area contributed by atoms with Crippen molar-refractivity contribution in [2.45, 2.75) is 116 Å². The van der Waals surface area contributed by atoms with E-state index in [-0.39, 0.29) is 11.1 Å². The van der Waals surface area contributed by atoms with E-state index in [0.717, 1.165) is 65.0 Å². The lowest BCUT2D eigenvalue weighted by Crippen LogP contribution is -2.52. The first-order chi connectivity index (χ1) is 12.6. The van der Waals surface area contributed by atoms with Crippen LogP contribution in [0.15, 0.2) is 0 Å². The topological polar surface area (TPSA) is 49.0 Å². The van der Waals surface area contributed by atoms with Crippen LogP contribution in [0.25, 0.3) is 0 Å². The Morgan fingerprint density at radius 2 is 1.22 bits per heavy atom. The average molecular weight is 386 g/mol. The van der Waals surface area contributed by atoms with Crippen LogP contribution in [0, 0.1) is 0 Å². The second-order valence-electron chi connectivity index (χ2n) is 10.2. The number of rotatable bonds is 12. The molecule has 0 radical (unpaired) electrons. The van der Waals surface area contributed by atoms with Gasteiger partial charge in [0.15, 0.2) is 0 Å².